The van der Waals surface area contributed by atoms with Gasteiger partial charge in [-0.3, -0.25) is 5.32 Å². The molecule has 2 amide bonds. The van der Waals surface area contributed by atoms with E-state index < -0.39 is 0 Å². The van der Waals surface area contributed by atoms with E-state index in [2.05, 4.69) is 15.6 Å². The fourth-order valence-electron chi connectivity index (χ4n) is 1.78. The number of aromatic nitrogens is 1. The van der Waals surface area contributed by atoms with E-state index in [1.807, 2.05) is 43.3 Å². The number of amides is 2. The molecule has 0 atom stereocenters. The SMILES string of the molecule is Cc1cccnc1NC(=O)NCCc1ccccc1Cl. The van der Waals surface area contributed by atoms with Crippen molar-refractivity contribution in [2.75, 3.05) is 11.9 Å². The first-order chi connectivity index (χ1) is 9.66. The van der Waals surface area contributed by atoms with Crippen LogP contribution in [0.25, 0.3) is 0 Å². The minimum atomic E-state index is -0.265. The van der Waals surface area contributed by atoms with Gasteiger partial charge in [-0.05, 0) is 36.6 Å². The lowest BCUT2D eigenvalue weighted by Crippen LogP contribution is -2.31. The van der Waals surface area contributed by atoms with Crippen molar-refractivity contribution in [2.24, 2.45) is 0 Å². The Morgan fingerprint density at radius 1 is 1.25 bits per heavy atom. The summed E-state index contributed by atoms with van der Waals surface area (Å²) in [6.45, 7) is 2.41. The number of aryl methyl sites for hydroxylation is 1. The molecule has 104 valence electrons. The molecule has 0 saturated heterocycles. The summed E-state index contributed by atoms with van der Waals surface area (Å²) >= 11 is 6.05. The van der Waals surface area contributed by atoms with Crippen molar-refractivity contribution in [3.05, 3.63) is 58.7 Å². The predicted octanol–water partition coefficient (Wildman–Crippen LogP) is 3.41. The summed E-state index contributed by atoms with van der Waals surface area (Å²) in [6, 6.07) is 11.1. The third kappa shape index (κ3) is 3.96. The van der Waals surface area contributed by atoms with Crippen molar-refractivity contribution in [1.82, 2.24) is 10.3 Å². The zero-order valence-electron chi connectivity index (χ0n) is 11.2. The van der Waals surface area contributed by atoms with Gasteiger partial charge in [0.2, 0.25) is 0 Å². The van der Waals surface area contributed by atoms with E-state index in [9.17, 15) is 4.79 Å². The van der Waals surface area contributed by atoms with Crippen LogP contribution in [0.15, 0.2) is 42.6 Å². The van der Waals surface area contributed by atoms with Crippen LogP contribution in [-0.4, -0.2) is 17.6 Å². The fourth-order valence-corrected chi connectivity index (χ4v) is 2.01. The van der Waals surface area contributed by atoms with Crippen LogP contribution in [0.3, 0.4) is 0 Å². The molecule has 0 fully saturated rings. The van der Waals surface area contributed by atoms with Gasteiger partial charge in [0, 0.05) is 17.8 Å². The molecule has 0 aliphatic carbocycles. The molecular formula is C15H16ClN3O. The Kier molecular flexibility index (Phi) is 4.96. The van der Waals surface area contributed by atoms with Gasteiger partial charge in [-0.15, -0.1) is 0 Å². The normalized spacial score (nSPS) is 10.1. The van der Waals surface area contributed by atoms with E-state index in [0.717, 1.165) is 16.1 Å². The number of hydrogen-bond donors (Lipinski definition) is 2. The Labute approximate surface area is 123 Å². The van der Waals surface area contributed by atoms with Gasteiger partial charge in [-0.2, -0.15) is 0 Å². The van der Waals surface area contributed by atoms with Crippen molar-refractivity contribution in [3.63, 3.8) is 0 Å². The maximum Gasteiger partial charge on any atom is 0.320 e. The minimum absolute atomic E-state index is 0.265. The fraction of sp³-hybridized carbons (Fsp3) is 0.200. The summed E-state index contributed by atoms with van der Waals surface area (Å²) in [5, 5.41) is 6.22. The standard InChI is InChI=1S/C15H16ClN3O/c1-11-5-4-9-17-14(11)19-15(20)18-10-8-12-6-2-3-7-13(12)16/h2-7,9H,8,10H2,1H3,(H2,17,18,19,20). The van der Waals surface area contributed by atoms with Gasteiger partial charge in [0.1, 0.15) is 5.82 Å². The number of hydrogen-bond acceptors (Lipinski definition) is 2. The van der Waals surface area contributed by atoms with Crippen molar-refractivity contribution in [1.29, 1.82) is 0 Å². The lowest BCUT2D eigenvalue weighted by molar-refractivity contribution is 0.252. The predicted molar refractivity (Wildman–Crippen MR) is 81.2 cm³/mol. The van der Waals surface area contributed by atoms with Gasteiger partial charge in [0.15, 0.2) is 0 Å². The number of nitrogens with zero attached hydrogens (tertiary/aromatic N) is 1. The molecule has 0 spiro atoms. The van der Waals surface area contributed by atoms with E-state index in [-0.39, 0.29) is 6.03 Å². The number of urea groups is 1. The van der Waals surface area contributed by atoms with Crippen molar-refractivity contribution in [3.8, 4) is 0 Å². The molecule has 1 heterocycles. The molecule has 2 aromatic rings. The monoisotopic (exact) mass is 289 g/mol. The second kappa shape index (κ2) is 6.91. The number of anilines is 1. The largest absolute Gasteiger partial charge is 0.337 e. The van der Waals surface area contributed by atoms with Crippen LogP contribution in [0.4, 0.5) is 10.6 Å². The molecule has 0 bridgehead atoms. The first kappa shape index (κ1) is 14.3. The molecule has 1 aromatic heterocycles. The van der Waals surface area contributed by atoms with Gasteiger partial charge < -0.3 is 5.32 Å². The summed E-state index contributed by atoms with van der Waals surface area (Å²) < 4.78 is 0. The Morgan fingerprint density at radius 2 is 2.05 bits per heavy atom. The molecule has 1 aromatic carbocycles. The lowest BCUT2D eigenvalue weighted by Gasteiger charge is -2.09. The topological polar surface area (TPSA) is 54.0 Å². The van der Waals surface area contributed by atoms with E-state index in [4.69, 9.17) is 11.6 Å². The maximum absolute atomic E-state index is 11.7. The van der Waals surface area contributed by atoms with Gasteiger partial charge >= 0.3 is 6.03 Å². The third-order valence-electron chi connectivity index (χ3n) is 2.88. The molecule has 2 rings (SSSR count). The van der Waals surface area contributed by atoms with Gasteiger partial charge in [-0.1, -0.05) is 35.9 Å². The molecule has 0 radical (unpaired) electrons. The zero-order valence-corrected chi connectivity index (χ0v) is 11.9. The Morgan fingerprint density at radius 3 is 2.80 bits per heavy atom. The number of halogens is 1. The maximum atomic E-state index is 11.7. The molecule has 4 nitrogen and oxygen atoms in total. The average Bonchev–Trinajstić information content (AvgIpc) is 2.43. The molecule has 5 heteroatoms. The second-order valence-corrected chi connectivity index (χ2v) is 4.80. The van der Waals surface area contributed by atoms with E-state index in [1.165, 1.54) is 0 Å². The molecule has 0 unspecified atom stereocenters. The first-order valence-corrected chi connectivity index (χ1v) is 6.74. The molecule has 0 aliphatic heterocycles. The Balaban J connectivity index is 1.82. The molecule has 20 heavy (non-hydrogen) atoms. The third-order valence-corrected chi connectivity index (χ3v) is 3.25. The highest BCUT2D eigenvalue weighted by atomic mass is 35.5. The van der Waals surface area contributed by atoms with Crippen LogP contribution in [0.2, 0.25) is 5.02 Å². The summed E-state index contributed by atoms with van der Waals surface area (Å²) in [7, 11) is 0. The van der Waals surface area contributed by atoms with Crippen LogP contribution in [-0.2, 0) is 6.42 Å². The summed E-state index contributed by atoms with van der Waals surface area (Å²) in [4.78, 5) is 15.9. The Hall–Kier alpha value is -2.07. The molecular weight excluding hydrogens is 274 g/mol. The number of carbonyl (C=O) groups excluding carboxylic acids is 1. The number of pyridine rings is 1. The summed E-state index contributed by atoms with van der Waals surface area (Å²) in [5.41, 5.74) is 1.94. The van der Waals surface area contributed by atoms with E-state index >= 15 is 0 Å². The van der Waals surface area contributed by atoms with Gasteiger partial charge in [0.25, 0.3) is 0 Å². The van der Waals surface area contributed by atoms with Crippen LogP contribution >= 0.6 is 11.6 Å². The van der Waals surface area contributed by atoms with Crippen LogP contribution in [0, 0.1) is 6.92 Å². The number of rotatable bonds is 4. The van der Waals surface area contributed by atoms with Crippen LogP contribution in [0.5, 0.6) is 0 Å². The van der Waals surface area contributed by atoms with Gasteiger partial charge in [0.05, 0.1) is 0 Å². The molecule has 0 aliphatic rings. The minimum Gasteiger partial charge on any atom is -0.337 e. The van der Waals surface area contributed by atoms with Crippen molar-refractivity contribution in [2.45, 2.75) is 13.3 Å². The average molecular weight is 290 g/mol. The smallest absolute Gasteiger partial charge is 0.320 e. The number of benzene rings is 1. The highest BCUT2D eigenvalue weighted by Crippen LogP contribution is 2.14. The van der Waals surface area contributed by atoms with E-state index in [0.29, 0.717) is 18.8 Å². The molecule has 2 N–H and O–H groups in total. The quantitative estimate of drug-likeness (QED) is 0.906. The zero-order chi connectivity index (χ0) is 14.4. The van der Waals surface area contributed by atoms with Crippen molar-refractivity contribution < 1.29 is 4.79 Å². The Bertz CT molecular complexity index is 601. The van der Waals surface area contributed by atoms with Crippen molar-refractivity contribution >= 4 is 23.4 Å². The highest BCUT2D eigenvalue weighted by Gasteiger charge is 2.05. The number of carbonyl (C=O) groups is 1. The molecule has 0 saturated carbocycles. The van der Waals surface area contributed by atoms with Crippen LogP contribution < -0.4 is 10.6 Å². The second-order valence-electron chi connectivity index (χ2n) is 4.39. The number of nitrogens with one attached hydrogen (secondary N) is 2. The first-order valence-electron chi connectivity index (χ1n) is 6.36. The summed E-state index contributed by atoms with van der Waals surface area (Å²) in [6.07, 6.45) is 2.33. The van der Waals surface area contributed by atoms with Crippen LogP contribution in [0.1, 0.15) is 11.1 Å². The summed E-state index contributed by atoms with van der Waals surface area (Å²) in [5.74, 6) is 0.572. The highest BCUT2D eigenvalue weighted by molar-refractivity contribution is 6.31. The van der Waals surface area contributed by atoms with Gasteiger partial charge in [-0.25, -0.2) is 9.78 Å². The lowest BCUT2D eigenvalue weighted by atomic mass is 10.1. The van der Waals surface area contributed by atoms with E-state index in [1.54, 1.807) is 6.20 Å².